The Morgan fingerprint density at radius 1 is 1.21 bits per heavy atom. The number of ether oxygens (including phenoxy) is 1. The van der Waals surface area contributed by atoms with E-state index in [9.17, 15) is 14.9 Å². The van der Waals surface area contributed by atoms with E-state index in [2.05, 4.69) is 5.32 Å². The van der Waals surface area contributed by atoms with Gasteiger partial charge in [-0.25, -0.2) is 0 Å². The Bertz CT molecular complexity index is 853. The van der Waals surface area contributed by atoms with Gasteiger partial charge in [0.2, 0.25) is 0 Å². The molecule has 0 atom stereocenters. The highest BCUT2D eigenvalue weighted by Crippen LogP contribution is 2.18. The fraction of sp³-hybridized carbons (Fsp3) is 0.0556. The first-order valence-corrected chi connectivity index (χ1v) is 7.33. The molecular formula is C18H13ClN2O3. The maximum absolute atomic E-state index is 12.2. The van der Waals surface area contributed by atoms with Gasteiger partial charge in [0, 0.05) is 17.6 Å². The van der Waals surface area contributed by atoms with Gasteiger partial charge in [0.1, 0.15) is 17.4 Å². The molecule has 0 saturated heterocycles. The number of nitrogens with zero attached hydrogens (tertiary/aromatic N) is 1. The second kappa shape index (κ2) is 7.95. The second-order valence-electron chi connectivity index (χ2n) is 4.80. The first kappa shape index (κ1) is 17.3. The molecule has 0 aliphatic rings. The minimum atomic E-state index is -0.558. The van der Waals surface area contributed by atoms with Crippen LogP contribution in [0.1, 0.15) is 12.5 Å². The molecule has 2 aromatic carbocycles. The van der Waals surface area contributed by atoms with Crippen molar-refractivity contribution >= 4 is 35.2 Å². The quantitative estimate of drug-likeness (QED) is 0.397. The molecule has 0 aliphatic carbocycles. The average molecular weight is 341 g/mol. The number of carbonyl (C=O) groups excluding carboxylic acids is 2. The Labute approximate surface area is 144 Å². The molecule has 2 rings (SSSR count). The molecule has 0 fully saturated rings. The topological polar surface area (TPSA) is 79.2 Å². The first-order valence-electron chi connectivity index (χ1n) is 6.95. The zero-order chi connectivity index (χ0) is 17.5. The Balaban J connectivity index is 2.21. The van der Waals surface area contributed by atoms with E-state index in [1.165, 1.54) is 13.0 Å². The smallest absolute Gasteiger partial charge is 0.308 e. The number of rotatable bonds is 4. The van der Waals surface area contributed by atoms with Gasteiger partial charge >= 0.3 is 5.97 Å². The van der Waals surface area contributed by atoms with Crippen LogP contribution in [0.15, 0.2) is 54.1 Å². The third kappa shape index (κ3) is 4.97. The lowest BCUT2D eigenvalue weighted by molar-refractivity contribution is -0.131. The lowest BCUT2D eigenvalue weighted by atomic mass is 10.1. The van der Waals surface area contributed by atoms with Crippen LogP contribution in [0, 0.1) is 11.3 Å². The molecule has 0 aliphatic heterocycles. The standard InChI is InChI=1S/C18H13ClN2O3/c1-12(22)24-17-7-2-4-13(9-17)8-14(11-20)18(23)21-16-6-3-5-15(19)10-16/h2-10H,1H3,(H,21,23)/b14-8+. The number of nitriles is 1. The SMILES string of the molecule is CC(=O)Oc1cccc(/C=C(\C#N)C(=O)Nc2cccc(Cl)c2)c1. The lowest BCUT2D eigenvalue weighted by Gasteiger charge is -2.05. The van der Waals surface area contributed by atoms with E-state index < -0.39 is 11.9 Å². The molecule has 0 radical (unpaired) electrons. The summed E-state index contributed by atoms with van der Waals surface area (Å²) in [7, 11) is 0. The van der Waals surface area contributed by atoms with Gasteiger partial charge in [-0.2, -0.15) is 5.26 Å². The molecule has 6 heteroatoms. The summed E-state index contributed by atoms with van der Waals surface area (Å²) in [6, 6.07) is 15.0. The summed E-state index contributed by atoms with van der Waals surface area (Å²) in [5.74, 6) is -0.670. The summed E-state index contributed by atoms with van der Waals surface area (Å²) in [4.78, 5) is 23.2. The third-order valence-electron chi connectivity index (χ3n) is 2.88. The minimum absolute atomic E-state index is 0.0880. The molecule has 1 N–H and O–H groups in total. The van der Waals surface area contributed by atoms with Gasteiger partial charge in [-0.15, -0.1) is 0 Å². The lowest BCUT2D eigenvalue weighted by Crippen LogP contribution is -2.13. The monoisotopic (exact) mass is 340 g/mol. The molecule has 0 bridgehead atoms. The van der Waals surface area contributed by atoms with E-state index in [0.29, 0.717) is 22.0 Å². The fourth-order valence-electron chi connectivity index (χ4n) is 1.91. The zero-order valence-corrected chi connectivity index (χ0v) is 13.5. The second-order valence-corrected chi connectivity index (χ2v) is 5.24. The van der Waals surface area contributed by atoms with E-state index >= 15 is 0 Å². The summed E-state index contributed by atoms with van der Waals surface area (Å²) in [6.07, 6.45) is 1.41. The molecule has 1 amide bonds. The van der Waals surface area contributed by atoms with Gasteiger partial charge < -0.3 is 10.1 Å². The predicted molar refractivity (Wildman–Crippen MR) is 91.4 cm³/mol. The average Bonchev–Trinajstić information content (AvgIpc) is 2.52. The number of anilines is 1. The summed E-state index contributed by atoms with van der Waals surface area (Å²) < 4.78 is 4.97. The van der Waals surface area contributed by atoms with Crippen molar-refractivity contribution in [2.75, 3.05) is 5.32 Å². The van der Waals surface area contributed by atoms with Crippen LogP contribution in [0.5, 0.6) is 5.75 Å². The van der Waals surface area contributed by atoms with E-state index in [4.69, 9.17) is 16.3 Å². The van der Waals surface area contributed by atoms with Gasteiger partial charge in [0.15, 0.2) is 0 Å². The van der Waals surface area contributed by atoms with Crippen LogP contribution < -0.4 is 10.1 Å². The number of carbonyl (C=O) groups is 2. The number of hydrogen-bond acceptors (Lipinski definition) is 4. The highest BCUT2D eigenvalue weighted by atomic mass is 35.5. The van der Waals surface area contributed by atoms with Crippen molar-refractivity contribution in [1.29, 1.82) is 5.26 Å². The van der Waals surface area contributed by atoms with Crippen LogP contribution in [0.4, 0.5) is 5.69 Å². The molecule has 2 aromatic rings. The molecule has 0 aromatic heterocycles. The number of benzene rings is 2. The molecule has 5 nitrogen and oxygen atoms in total. The molecule has 0 heterocycles. The van der Waals surface area contributed by atoms with Gasteiger partial charge in [0.25, 0.3) is 5.91 Å². The largest absolute Gasteiger partial charge is 0.427 e. The summed E-state index contributed by atoms with van der Waals surface area (Å²) in [6.45, 7) is 1.29. The number of amides is 1. The van der Waals surface area contributed by atoms with E-state index in [1.807, 2.05) is 6.07 Å². The first-order chi connectivity index (χ1) is 11.5. The van der Waals surface area contributed by atoms with Crippen LogP contribution in [0.2, 0.25) is 5.02 Å². The van der Waals surface area contributed by atoms with Crippen molar-refractivity contribution in [2.24, 2.45) is 0 Å². The van der Waals surface area contributed by atoms with Gasteiger partial charge in [-0.1, -0.05) is 29.8 Å². The van der Waals surface area contributed by atoms with Crippen molar-refractivity contribution in [3.05, 3.63) is 64.7 Å². The summed E-state index contributed by atoms with van der Waals surface area (Å²) in [5, 5.41) is 12.3. The highest BCUT2D eigenvalue weighted by molar-refractivity contribution is 6.31. The van der Waals surface area contributed by atoms with Crippen molar-refractivity contribution in [1.82, 2.24) is 0 Å². The van der Waals surface area contributed by atoms with E-state index in [-0.39, 0.29) is 5.57 Å². The Morgan fingerprint density at radius 2 is 1.96 bits per heavy atom. The zero-order valence-electron chi connectivity index (χ0n) is 12.7. The van der Waals surface area contributed by atoms with Gasteiger partial charge in [0.05, 0.1) is 0 Å². The number of hydrogen-bond donors (Lipinski definition) is 1. The van der Waals surface area contributed by atoms with Gasteiger partial charge in [-0.05, 0) is 42.0 Å². The van der Waals surface area contributed by atoms with Crippen LogP contribution in [0.25, 0.3) is 6.08 Å². The highest BCUT2D eigenvalue weighted by Gasteiger charge is 2.10. The van der Waals surface area contributed by atoms with Crippen LogP contribution >= 0.6 is 11.6 Å². The number of esters is 1. The molecule has 24 heavy (non-hydrogen) atoms. The van der Waals surface area contributed by atoms with Gasteiger partial charge in [-0.3, -0.25) is 9.59 Å². The normalized spacial score (nSPS) is 10.6. The molecule has 0 spiro atoms. The third-order valence-corrected chi connectivity index (χ3v) is 3.11. The van der Waals surface area contributed by atoms with Crippen molar-refractivity contribution in [3.63, 3.8) is 0 Å². The Kier molecular flexibility index (Phi) is 5.72. The Morgan fingerprint density at radius 3 is 2.62 bits per heavy atom. The minimum Gasteiger partial charge on any atom is -0.427 e. The molecule has 120 valence electrons. The van der Waals surface area contributed by atoms with Crippen molar-refractivity contribution < 1.29 is 14.3 Å². The van der Waals surface area contributed by atoms with Crippen LogP contribution in [0.3, 0.4) is 0 Å². The molecule has 0 saturated carbocycles. The van der Waals surface area contributed by atoms with E-state index in [0.717, 1.165) is 0 Å². The summed E-state index contributed by atoms with van der Waals surface area (Å²) in [5.41, 5.74) is 0.962. The number of halogens is 1. The summed E-state index contributed by atoms with van der Waals surface area (Å²) >= 11 is 5.86. The predicted octanol–water partition coefficient (Wildman–Crippen LogP) is 3.81. The maximum atomic E-state index is 12.2. The van der Waals surface area contributed by atoms with Crippen molar-refractivity contribution in [3.8, 4) is 11.8 Å². The fourth-order valence-corrected chi connectivity index (χ4v) is 2.10. The van der Waals surface area contributed by atoms with Crippen molar-refractivity contribution in [2.45, 2.75) is 6.92 Å². The number of nitrogens with one attached hydrogen (secondary N) is 1. The molecule has 0 unspecified atom stereocenters. The maximum Gasteiger partial charge on any atom is 0.308 e. The van der Waals surface area contributed by atoms with E-state index in [1.54, 1.807) is 48.5 Å². The molecular weight excluding hydrogens is 328 g/mol. The van der Waals surface area contributed by atoms with Crippen LogP contribution in [-0.4, -0.2) is 11.9 Å². The Hall–Kier alpha value is -3.10. The van der Waals surface area contributed by atoms with Crippen LogP contribution in [-0.2, 0) is 9.59 Å².